The van der Waals surface area contributed by atoms with E-state index in [4.69, 9.17) is 22.1 Å². The van der Waals surface area contributed by atoms with Gasteiger partial charge in [0.2, 0.25) is 0 Å². The molecule has 3 heterocycles. The Hall–Kier alpha value is -3.05. The zero-order valence-electron chi connectivity index (χ0n) is 17.6. The molecule has 10 heteroatoms. The first-order valence-corrected chi connectivity index (χ1v) is 11.5. The third-order valence-electron chi connectivity index (χ3n) is 4.88. The zero-order valence-corrected chi connectivity index (χ0v) is 19.3. The van der Waals surface area contributed by atoms with Gasteiger partial charge in [-0.1, -0.05) is 60.4 Å². The molecule has 3 aromatic rings. The number of pyridine rings is 1. The van der Waals surface area contributed by atoms with E-state index in [0.29, 0.717) is 40.4 Å². The van der Waals surface area contributed by atoms with E-state index in [1.54, 1.807) is 30.5 Å². The van der Waals surface area contributed by atoms with Gasteiger partial charge in [0.05, 0.1) is 36.8 Å². The number of carbonyl (C=O) groups excluding carboxylic acids is 1. The van der Waals surface area contributed by atoms with Crippen LogP contribution in [0.1, 0.15) is 11.1 Å². The molecule has 0 atom stereocenters. The summed E-state index contributed by atoms with van der Waals surface area (Å²) < 4.78 is 7.15. The Morgan fingerprint density at radius 1 is 1.12 bits per heavy atom. The first-order chi connectivity index (χ1) is 16.1. The maximum Gasteiger partial charge on any atom is 0.267 e. The largest absolute Gasteiger partial charge is 0.394 e. The Bertz CT molecular complexity index is 1260. The third kappa shape index (κ3) is 5.31. The van der Waals surface area contributed by atoms with Crippen molar-refractivity contribution >= 4 is 51.7 Å². The van der Waals surface area contributed by atoms with Gasteiger partial charge < -0.3 is 15.2 Å². The summed E-state index contributed by atoms with van der Waals surface area (Å²) in [5, 5.41) is 12.0. The van der Waals surface area contributed by atoms with E-state index in [1.165, 1.54) is 21.1 Å². The molecule has 0 bridgehead atoms. The highest BCUT2D eigenvalue weighted by molar-refractivity contribution is 8.26. The highest BCUT2D eigenvalue weighted by Gasteiger charge is 2.32. The molecule has 0 radical (unpaired) electrons. The van der Waals surface area contributed by atoms with Crippen LogP contribution >= 0.6 is 24.0 Å². The Balaban J connectivity index is 1.65. The lowest BCUT2D eigenvalue weighted by Gasteiger charge is -2.14. The van der Waals surface area contributed by atoms with Gasteiger partial charge in [-0.3, -0.25) is 18.9 Å². The molecule has 0 unspecified atom stereocenters. The molecular formula is C23H22N4O4S2. The number of aromatic nitrogens is 2. The Morgan fingerprint density at radius 3 is 2.70 bits per heavy atom. The van der Waals surface area contributed by atoms with Crippen LogP contribution in [-0.2, 0) is 16.1 Å². The topological polar surface area (TPSA) is 96.2 Å². The highest BCUT2D eigenvalue weighted by Crippen LogP contribution is 2.34. The fourth-order valence-electron chi connectivity index (χ4n) is 3.31. The number of thiocarbonyl (C=S) groups is 1. The van der Waals surface area contributed by atoms with E-state index in [2.05, 4.69) is 10.3 Å². The summed E-state index contributed by atoms with van der Waals surface area (Å²) in [6, 6.07) is 14.9. The summed E-state index contributed by atoms with van der Waals surface area (Å²) in [6.07, 6.45) is 3.19. The van der Waals surface area contributed by atoms with Crippen molar-refractivity contribution in [3.05, 3.63) is 81.1 Å². The first-order valence-electron chi connectivity index (χ1n) is 10.3. The maximum atomic E-state index is 13.2. The van der Waals surface area contributed by atoms with Crippen molar-refractivity contribution in [2.45, 2.75) is 6.54 Å². The van der Waals surface area contributed by atoms with Gasteiger partial charge in [-0.15, -0.1) is 0 Å². The average Bonchev–Trinajstić information content (AvgIpc) is 3.09. The number of benzene rings is 1. The van der Waals surface area contributed by atoms with Crippen LogP contribution in [0.15, 0.2) is 64.4 Å². The number of fused-ring (bicyclic) bond motifs is 1. The molecular weight excluding hydrogens is 460 g/mol. The number of aliphatic hydroxyl groups is 1. The van der Waals surface area contributed by atoms with E-state index in [1.807, 2.05) is 30.3 Å². The second-order valence-electron chi connectivity index (χ2n) is 7.12. The Morgan fingerprint density at radius 2 is 1.91 bits per heavy atom. The first kappa shape index (κ1) is 23.1. The molecule has 0 saturated carbocycles. The van der Waals surface area contributed by atoms with Gasteiger partial charge in [0.15, 0.2) is 0 Å². The molecule has 2 N–H and O–H groups in total. The number of hydrogen-bond donors (Lipinski definition) is 2. The van der Waals surface area contributed by atoms with Crippen molar-refractivity contribution < 1.29 is 14.6 Å². The summed E-state index contributed by atoms with van der Waals surface area (Å²) in [4.78, 5) is 32.8. The van der Waals surface area contributed by atoms with E-state index in [9.17, 15) is 9.59 Å². The van der Waals surface area contributed by atoms with E-state index < -0.39 is 0 Å². The number of aliphatic hydroxyl groups excluding tert-OH is 1. The number of rotatable bonds is 9. The molecule has 1 aliphatic heterocycles. The van der Waals surface area contributed by atoms with Crippen LogP contribution in [0.3, 0.4) is 0 Å². The minimum absolute atomic E-state index is 0.0638. The minimum atomic E-state index is -0.298. The molecule has 4 rings (SSSR count). The van der Waals surface area contributed by atoms with Crippen LogP contribution in [-0.4, -0.2) is 56.0 Å². The molecule has 0 aliphatic carbocycles. The Kier molecular flexibility index (Phi) is 7.50. The SMILES string of the molecule is O=C1/C(=C\c2c(NCCOCCO)nc3ccccn3c2=O)SC(=S)N1Cc1ccccc1. The molecule has 170 valence electrons. The van der Waals surface area contributed by atoms with Crippen molar-refractivity contribution in [2.24, 2.45) is 0 Å². The van der Waals surface area contributed by atoms with Gasteiger partial charge in [-0.2, -0.15) is 0 Å². The number of carbonyl (C=O) groups is 1. The van der Waals surface area contributed by atoms with Crippen LogP contribution in [0, 0.1) is 0 Å². The lowest BCUT2D eigenvalue weighted by molar-refractivity contribution is -0.122. The van der Waals surface area contributed by atoms with Crippen molar-refractivity contribution in [1.29, 1.82) is 0 Å². The molecule has 1 aromatic carbocycles. The molecule has 0 spiro atoms. The van der Waals surface area contributed by atoms with Crippen LogP contribution in [0.25, 0.3) is 11.7 Å². The smallest absolute Gasteiger partial charge is 0.267 e. The molecule has 2 aromatic heterocycles. The number of anilines is 1. The average molecular weight is 483 g/mol. The fraction of sp³-hybridized carbons (Fsp3) is 0.217. The predicted molar refractivity (Wildman–Crippen MR) is 133 cm³/mol. The third-order valence-corrected chi connectivity index (χ3v) is 6.25. The van der Waals surface area contributed by atoms with Gasteiger partial charge in [0.1, 0.15) is 15.8 Å². The molecule has 8 nitrogen and oxygen atoms in total. The minimum Gasteiger partial charge on any atom is -0.394 e. The van der Waals surface area contributed by atoms with E-state index in [-0.39, 0.29) is 30.2 Å². The molecule has 33 heavy (non-hydrogen) atoms. The summed E-state index contributed by atoms with van der Waals surface area (Å²) in [7, 11) is 0. The predicted octanol–water partition coefficient (Wildman–Crippen LogP) is 2.52. The summed E-state index contributed by atoms with van der Waals surface area (Å²) in [5.41, 5.74) is 1.41. The van der Waals surface area contributed by atoms with Gasteiger partial charge in [0.25, 0.3) is 11.5 Å². The maximum absolute atomic E-state index is 13.2. The number of thioether (sulfide) groups is 1. The monoisotopic (exact) mass is 482 g/mol. The number of nitrogens with zero attached hydrogens (tertiary/aromatic N) is 3. The second-order valence-corrected chi connectivity index (χ2v) is 8.80. The Labute approximate surface area is 199 Å². The second kappa shape index (κ2) is 10.7. The lowest BCUT2D eigenvalue weighted by atomic mass is 10.2. The van der Waals surface area contributed by atoms with Crippen LogP contribution in [0.4, 0.5) is 5.82 Å². The van der Waals surface area contributed by atoms with Crippen LogP contribution in [0.5, 0.6) is 0 Å². The molecule has 1 fully saturated rings. The van der Waals surface area contributed by atoms with Crippen LogP contribution in [0.2, 0.25) is 0 Å². The fourth-order valence-corrected chi connectivity index (χ4v) is 4.55. The van der Waals surface area contributed by atoms with Crippen molar-refractivity contribution in [3.63, 3.8) is 0 Å². The number of amides is 1. The van der Waals surface area contributed by atoms with Crippen molar-refractivity contribution in [2.75, 3.05) is 31.7 Å². The van der Waals surface area contributed by atoms with Gasteiger partial charge in [0, 0.05) is 12.7 Å². The van der Waals surface area contributed by atoms with Gasteiger partial charge >= 0.3 is 0 Å². The number of ether oxygens (including phenoxy) is 1. The van der Waals surface area contributed by atoms with Crippen molar-refractivity contribution in [1.82, 2.24) is 14.3 Å². The number of nitrogens with one attached hydrogen (secondary N) is 1. The zero-order chi connectivity index (χ0) is 23.2. The number of hydrogen-bond acceptors (Lipinski definition) is 8. The van der Waals surface area contributed by atoms with E-state index in [0.717, 1.165) is 5.56 Å². The summed E-state index contributed by atoms with van der Waals surface area (Å²) >= 11 is 6.61. The standard InChI is InChI=1S/C23H22N4O4S2/c28-11-13-31-12-9-24-20-17(21(29)26-10-5-4-8-19(26)25-20)14-18-22(30)27(23(32)33-18)15-16-6-2-1-3-7-16/h1-8,10,14,24,28H,9,11-13,15H2/b18-14+. The lowest BCUT2D eigenvalue weighted by Crippen LogP contribution is -2.27. The van der Waals surface area contributed by atoms with E-state index >= 15 is 0 Å². The van der Waals surface area contributed by atoms with Gasteiger partial charge in [-0.25, -0.2) is 4.98 Å². The molecule has 1 amide bonds. The summed E-state index contributed by atoms with van der Waals surface area (Å²) in [6.45, 7) is 1.24. The highest BCUT2D eigenvalue weighted by atomic mass is 32.2. The van der Waals surface area contributed by atoms with Gasteiger partial charge in [-0.05, 0) is 23.8 Å². The normalized spacial score (nSPS) is 15.1. The quantitative estimate of drug-likeness (QED) is 0.273. The summed E-state index contributed by atoms with van der Waals surface area (Å²) in [5.74, 6) is 0.107. The van der Waals surface area contributed by atoms with Crippen molar-refractivity contribution in [3.8, 4) is 0 Å². The molecule has 1 saturated heterocycles. The van der Waals surface area contributed by atoms with Crippen LogP contribution < -0.4 is 10.9 Å². The molecule has 1 aliphatic rings.